The second kappa shape index (κ2) is 2.57. The molecule has 0 aliphatic rings. The van der Waals surface area contributed by atoms with Crippen LogP contribution in [-0.2, 0) is 0 Å². The van der Waals surface area contributed by atoms with E-state index in [1.54, 1.807) is 0 Å². The average Bonchev–Trinajstić information content (AvgIpc) is 2.12. The summed E-state index contributed by atoms with van der Waals surface area (Å²) in [6, 6.07) is 4.19. The normalized spacial score (nSPS) is 10.4. The minimum atomic E-state index is -1.16. The van der Waals surface area contributed by atoms with Crippen molar-refractivity contribution in [2.75, 3.05) is 0 Å². The first-order valence-corrected chi connectivity index (χ1v) is 11.0. The number of hydrogen-bond donors (Lipinski definition) is 0. The van der Waals surface area contributed by atoms with Crippen molar-refractivity contribution in [2.24, 2.45) is 0 Å². The van der Waals surface area contributed by atoms with Gasteiger partial charge in [0, 0.05) is 0 Å². The first-order valence-electron chi connectivity index (χ1n) is 2.93. The Morgan fingerprint density at radius 1 is 1.12 bits per heavy atom. The van der Waals surface area contributed by atoms with E-state index in [2.05, 4.69) is 37.2 Å². The van der Waals surface area contributed by atoms with E-state index in [9.17, 15) is 0 Å². The van der Waals surface area contributed by atoms with Crippen LogP contribution < -0.4 is 0 Å². The van der Waals surface area contributed by atoms with E-state index in [0.717, 1.165) is 0 Å². The molecule has 2 heteroatoms. The molecule has 0 unspecified atom stereocenters. The van der Waals surface area contributed by atoms with Crippen LogP contribution >= 0.6 is 0 Å². The molecule has 0 saturated carbocycles. The maximum absolute atomic E-state index is 2.38. The Balaban J connectivity index is 2.77. The molecule has 8 heavy (non-hydrogen) atoms. The van der Waals surface area contributed by atoms with Crippen molar-refractivity contribution in [2.45, 2.75) is 9.88 Å². The van der Waals surface area contributed by atoms with Crippen LogP contribution in [0.3, 0.4) is 0 Å². The summed E-state index contributed by atoms with van der Waals surface area (Å²) >= 11 is -1.16. The molecule has 44 valence electrons. The van der Waals surface area contributed by atoms with Crippen LogP contribution in [0, 0.1) is 0 Å². The van der Waals surface area contributed by atoms with Crippen molar-refractivity contribution in [3.63, 3.8) is 0 Å². The van der Waals surface area contributed by atoms with Crippen molar-refractivity contribution >= 4 is 20.0 Å². The molecule has 0 aliphatic carbocycles. The van der Waals surface area contributed by atoms with E-state index >= 15 is 0 Å². The Bertz CT molecular complexity index is 144. The van der Waals surface area contributed by atoms with Crippen LogP contribution in [0.1, 0.15) is 0 Å². The van der Waals surface area contributed by atoms with Gasteiger partial charge in [0.1, 0.15) is 0 Å². The standard InChI is InChI=1S/C4H4N.2CH3.Sn.H/c1-2-4-5-3-1;;;;/h1-4H;2*1H3;;/q-1;;;+1;. The monoisotopic (exact) mass is 217 g/mol. The Hall–Kier alpha value is 0.0787. The number of hydrogen-bond acceptors (Lipinski definition) is 0. The summed E-state index contributed by atoms with van der Waals surface area (Å²) in [6.45, 7) is 0. The van der Waals surface area contributed by atoms with Crippen molar-refractivity contribution in [3.8, 4) is 0 Å². The Morgan fingerprint density at radius 2 is 1.62 bits per heavy atom. The predicted molar refractivity (Wildman–Crippen MR) is 38.7 cm³/mol. The van der Waals surface area contributed by atoms with Crippen LogP contribution in [0.5, 0.6) is 0 Å². The van der Waals surface area contributed by atoms with E-state index in [0.29, 0.717) is 0 Å². The minimum absolute atomic E-state index is 1.16. The molecule has 1 aromatic rings. The van der Waals surface area contributed by atoms with Crippen LogP contribution in [0.15, 0.2) is 24.5 Å². The molecule has 1 heterocycles. The zero-order valence-corrected chi connectivity index (χ0v) is 8.63. The van der Waals surface area contributed by atoms with Crippen LogP contribution in [0.2, 0.25) is 9.88 Å². The number of nitrogens with zero attached hydrogens (tertiary/aromatic N) is 1. The molecule has 0 amide bonds. The number of rotatable bonds is 1. The van der Waals surface area contributed by atoms with Crippen molar-refractivity contribution < 1.29 is 0 Å². The quantitative estimate of drug-likeness (QED) is 0.623. The van der Waals surface area contributed by atoms with E-state index in [4.69, 9.17) is 0 Å². The molecule has 1 aromatic heterocycles. The summed E-state index contributed by atoms with van der Waals surface area (Å²) in [5, 5.41) is 0. The topological polar surface area (TPSA) is 4.93 Å². The van der Waals surface area contributed by atoms with Crippen LogP contribution in [0.4, 0.5) is 0 Å². The van der Waals surface area contributed by atoms with Crippen molar-refractivity contribution in [1.29, 1.82) is 0 Å². The zero-order chi connectivity index (χ0) is 5.98. The third-order valence-electron chi connectivity index (χ3n) is 1.22. The molecule has 0 radical (unpaired) electrons. The molecule has 0 spiro atoms. The molecular weight excluding hydrogens is 205 g/mol. The molecule has 0 saturated heterocycles. The molecule has 0 fully saturated rings. The number of aromatic nitrogens is 1. The van der Waals surface area contributed by atoms with Gasteiger partial charge in [0.05, 0.1) is 0 Å². The Morgan fingerprint density at radius 3 is 1.88 bits per heavy atom. The summed E-state index contributed by atoms with van der Waals surface area (Å²) in [7, 11) is 0. The summed E-state index contributed by atoms with van der Waals surface area (Å²) in [5.74, 6) is 0. The molecule has 1 rings (SSSR count). The zero-order valence-electron chi connectivity index (χ0n) is 5.33. The van der Waals surface area contributed by atoms with Gasteiger partial charge >= 0.3 is 57.2 Å². The molecule has 0 aromatic carbocycles. The first-order chi connectivity index (χ1) is 3.80. The molecule has 0 N–H and O–H groups in total. The van der Waals surface area contributed by atoms with Gasteiger partial charge in [-0.15, -0.1) is 0 Å². The SMILES string of the molecule is [CH3][SnH]([CH3])[n]1cccc1. The van der Waals surface area contributed by atoms with Gasteiger partial charge in [-0.1, -0.05) is 0 Å². The van der Waals surface area contributed by atoms with Gasteiger partial charge in [0.2, 0.25) is 0 Å². The third-order valence-corrected chi connectivity index (χ3v) is 5.61. The fourth-order valence-corrected chi connectivity index (χ4v) is 3.22. The van der Waals surface area contributed by atoms with Gasteiger partial charge < -0.3 is 0 Å². The fraction of sp³-hybridized carbons (Fsp3) is 0.333. The van der Waals surface area contributed by atoms with E-state index < -0.39 is 20.0 Å². The van der Waals surface area contributed by atoms with Gasteiger partial charge in [0.25, 0.3) is 0 Å². The van der Waals surface area contributed by atoms with Gasteiger partial charge in [0.15, 0.2) is 0 Å². The summed E-state index contributed by atoms with van der Waals surface area (Å²) in [6.07, 6.45) is 4.33. The fourth-order valence-electron chi connectivity index (χ4n) is 0.692. The van der Waals surface area contributed by atoms with E-state index in [1.807, 2.05) is 0 Å². The molecule has 0 bridgehead atoms. The summed E-state index contributed by atoms with van der Waals surface area (Å²) in [4.78, 5) is 4.75. The first kappa shape index (κ1) is 6.20. The van der Waals surface area contributed by atoms with E-state index in [-0.39, 0.29) is 0 Å². The predicted octanol–water partition coefficient (Wildman–Crippen LogP) is 1.32. The summed E-state index contributed by atoms with van der Waals surface area (Å²) in [5.41, 5.74) is 0. The van der Waals surface area contributed by atoms with Gasteiger partial charge in [-0.2, -0.15) is 0 Å². The molecule has 1 nitrogen and oxygen atoms in total. The van der Waals surface area contributed by atoms with Gasteiger partial charge in [-0.3, -0.25) is 0 Å². The maximum atomic E-state index is 2.38. The van der Waals surface area contributed by atoms with Crippen molar-refractivity contribution in [1.82, 2.24) is 2.79 Å². The Kier molecular flexibility index (Phi) is 2.00. The van der Waals surface area contributed by atoms with Crippen LogP contribution in [-0.4, -0.2) is 22.8 Å². The second-order valence-corrected chi connectivity index (χ2v) is 10.2. The van der Waals surface area contributed by atoms with Gasteiger partial charge in [-0.25, -0.2) is 0 Å². The molecule has 0 atom stereocenters. The van der Waals surface area contributed by atoms with Crippen LogP contribution in [0.25, 0.3) is 0 Å². The average molecular weight is 216 g/mol. The van der Waals surface area contributed by atoms with Gasteiger partial charge in [-0.05, 0) is 0 Å². The molecular formula is C6H11NSn. The molecule has 0 aliphatic heterocycles. The third kappa shape index (κ3) is 1.28. The van der Waals surface area contributed by atoms with Crippen molar-refractivity contribution in [3.05, 3.63) is 24.5 Å². The summed E-state index contributed by atoms with van der Waals surface area (Å²) < 4.78 is 2.38. The Labute approximate surface area is 57.4 Å². The van der Waals surface area contributed by atoms with E-state index in [1.165, 1.54) is 0 Å². The second-order valence-electron chi connectivity index (χ2n) is 2.22.